The number of methoxy groups -OCH3 is 1. The van der Waals surface area contributed by atoms with Crippen molar-refractivity contribution in [2.24, 2.45) is 11.1 Å². The van der Waals surface area contributed by atoms with Gasteiger partial charge in [0.1, 0.15) is 6.10 Å². The van der Waals surface area contributed by atoms with Crippen LogP contribution in [-0.4, -0.2) is 44.8 Å². The summed E-state index contributed by atoms with van der Waals surface area (Å²) in [4.78, 5) is 24.5. The van der Waals surface area contributed by atoms with E-state index in [-0.39, 0.29) is 18.4 Å². The maximum absolute atomic E-state index is 12.7. The second-order valence-electron chi connectivity index (χ2n) is 6.00. The maximum atomic E-state index is 12.7. The van der Waals surface area contributed by atoms with E-state index < -0.39 is 11.5 Å². The molecule has 2 amide bonds. The Morgan fingerprint density at radius 1 is 1.29 bits per heavy atom. The third-order valence-electron chi connectivity index (χ3n) is 4.43. The molecule has 7 heteroatoms. The van der Waals surface area contributed by atoms with Crippen LogP contribution in [0.1, 0.15) is 19.8 Å². The molecule has 0 spiro atoms. The first kappa shape index (κ1) is 18.4. The van der Waals surface area contributed by atoms with Crippen LogP contribution in [0, 0.1) is 5.41 Å². The molecule has 1 aliphatic rings. The van der Waals surface area contributed by atoms with Gasteiger partial charge in [0.2, 0.25) is 5.91 Å². The van der Waals surface area contributed by atoms with Crippen LogP contribution in [0.15, 0.2) is 24.3 Å². The van der Waals surface area contributed by atoms with Crippen molar-refractivity contribution in [3.8, 4) is 0 Å². The normalized spacial score (nSPS) is 17.8. The predicted octanol–water partition coefficient (Wildman–Crippen LogP) is 1.35. The van der Waals surface area contributed by atoms with E-state index in [2.05, 4.69) is 10.6 Å². The summed E-state index contributed by atoms with van der Waals surface area (Å²) in [5.74, 6) is -0.356. The van der Waals surface area contributed by atoms with Crippen molar-refractivity contribution < 1.29 is 19.1 Å². The summed E-state index contributed by atoms with van der Waals surface area (Å²) in [6, 6.07) is 7.00. The maximum Gasteiger partial charge on any atom is 0.253 e. The minimum absolute atomic E-state index is 0.109. The van der Waals surface area contributed by atoms with E-state index >= 15 is 0 Å². The number of amides is 2. The first-order chi connectivity index (χ1) is 11.5. The van der Waals surface area contributed by atoms with Crippen LogP contribution >= 0.6 is 0 Å². The highest BCUT2D eigenvalue weighted by molar-refractivity contribution is 5.97. The van der Waals surface area contributed by atoms with E-state index in [0.29, 0.717) is 37.4 Å². The molecule has 0 saturated carbocycles. The van der Waals surface area contributed by atoms with E-state index in [1.165, 1.54) is 7.11 Å². The van der Waals surface area contributed by atoms with Crippen molar-refractivity contribution in [3.63, 3.8) is 0 Å². The van der Waals surface area contributed by atoms with Crippen LogP contribution in [0.3, 0.4) is 0 Å². The minimum atomic E-state index is -0.595. The first-order valence-corrected chi connectivity index (χ1v) is 8.04. The summed E-state index contributed by atoms with van der Waals surface area (Å²) in [6.45, 7) is 3.02. The second kappa shape index (κ2) is 8.23. The molecule has 0 aromatic heterocycles. The van der Waals surface area contributed by atoms with Gasteiger partial charge >= 0.3 is 0 Å². The molecule has 2 rings (SSSR count). The summed E-state index contributed by atoms with van der Waals surface area (Å²) < 4.78 is 10.3. The highest BCUT2D eigenvalue weighted by Gasteiger charge is 2.38. The number of carbonyl (C=O) groups is 2. The topological polar surface area (TPSA) is 103 Å². The van der Waals surface area contributed by atoms with Crippen LogP contribution in [0.25, 0.3) is 0 Å². The van der Waals surface area contributed by atoms with Gasteiger partial charge < -0.3 is 25.8 Å². The Bertz CT molecular complexity index is 585. The average Bonchev–Trinajstić information content (AvgIpc) is 2.61. The SMILES string of the molecule is COC(C)C(=O)Nc1cccc(NC(=O)C2(CN)CCOCC2)c1. The van der Waals surface area contributed by atoms with Crippen LogP contribution < -0.4 is 16.4 Å². The van der Waals surface area contributed by atoms with Crippen LogP contribution in [0.5, 0.6) is 0 Å². The van der Waals surface area contributed by atoms with Gasteiger partial charge in [-0.2, -0.15) is 0 Å². The summed E-state index contributed by atoms with van der Waals surface area (Å²) in [7, 11) is 1.47. The molecule has 1 saturated heterocycles. The lowest BCUT2D eigenvalue weighted by Gasteiger charge is -2.34. The number of nitrogens with two attached hydrogens (primary N) is 1. The average molecular weight is 335 g/mol. The van der Waals surface area contributed by atoms with E-state index in [9.17, 15) is 9.59 Å². The molecule has 1 heterocycles. The highest BCUT2D eigenvalue weighted by Crippen LogP contribution is 2.31. The lowest BCUT2D eigenvalue weighted by atomic mass is 9.79. The number of anilines is 2. The molecule has 4 N–H and O–H groups in total. The zero-order valence-corrected chi connectivity index (χ0v) is 14.1. The summed E-state index contributed by atoms with van der Waals surface area (Å²) >= 11 is 0. The van der Waals surface area contributed by atoms with Crippen molar-refractivity contribution >= 4 is 23.2 Å². The third-order valence-corrected chi connectivity index (χ3v) is 4.43. The number of hydrogen-bond donors (Lipinski definition) is 3. The molecule has 1 aromatic rings. The molecule has 1 aromatic carbocycles. The molecule has 1 unspecified atom stereocenters. The lowest BCUT2D eigenvalue weighted by molar-refractivity contribution is -0.130. The van der Waals surface area contributed by atoms with Gasteiger partial charge in [-0.15, -0.1) is 0 Å². The van der Waals surface area contributed by atoms with E-state index in [1.807, 2.05) is 0 Å². The van der Waals surface area contributed by atoms with Crippen molar-refractivity contribution in [1.82, 2.24) is 0 Å². The lowest BCUT2D eigenvalue weighted by Crippen LogP contribution is -2.46. The first-order valence-electron chi connectivity index (χ1n) is 8.04. The Balaban J connectivity index is 2.06. The molecule has 7 nitrogen and oxygen atoms in total. The van der Waals surface area contributed by atoms with E-state index in [4.69, 9.17) is 15.2 Å². The Kier molecular flexibility index (Phi) is 6.30. The molecule has 0 aliphatic carbocycles. The molecule has 0 radical (unpaired) electrons. The fourth-order valence-corrected chi connectivity index (χ4v) is 2.58. The number of nitrogens with one attached hydrogen (secondary N) is 2. The van der Waals surface area contributed by atoms with E-state index in [0.717, 1.165) is 0 Å². The number of rotatable bonds is 6. The fraction of sp³-hybridized carbons (Fsp3) is 0.529. The zero-order chi connectivity index (χ0) is 17.6. The Labute approximate surface area is 141 Å². The molecule has 1 aliphatic heterocycles. The van der Waals surface area contributed by atoms with Crippen LogP contribution in [0.2, 0.25) is 0 Å². The summed E-state index contributed by atoms with van der Waals surface area (Å²) in [5.41, 5.74) is 6.46. The molecule has 132 valence electrons. The van der Waals surface area contributed by atoms with Crippen LogP contribution in [0.4, 0.5) is 11.4 Å². The largest absolute Gasteiger partial charge is 0.381 e. The van der Waals surface area contributed by atoms with Gasteiger partial charge in [-0.3, -0.25) is 9.59 Å². The third kappa shape index (κ3) is 4.31. The van der Waals surface area contributed by atoms with Crippen LogP contribution in [-0.2, 0) is 19.1 Å². The van der Waals surface area contributed by atoms with E-state index in [1.54, 1.807) is 31.2 Å². The van der Waals surface area contributed by atoms with Gasteiger partial charge in [-0.1, -0.05) is 6.07 Å². The molecule has 0 bridgehead atoms. The van der Waals surface area contributed by atoms with Gasteiger partial charge in [-0.25, -0.2) is 0 Å². The van der Waals surface area contributed by atoms with Gasteiger partial charge in [0.25, 0.3) is 5.91 Å². The molecular formula is C17H25N3O4. The standard InChI is InChI=1S/C17H25N3O4/c1-12(23-2)15(21)19-13-4-3-5-14(10-13)20-16(22)17(11-18)6-8-24-9-7-17/h3-5,10,12H,6-9,11,18H2,1-2H3,(H,19,21)(H,20,22). The predicted molar refractivity (Wildman–Crippen MR) is 91.7 cm³/mol. The Morgan fingerprint density at radius 3 is 2.50 bits per heavy atom. The number of hydrogen-bond acceptors (Lipinski definition) is 5. The smallest absolute Gasteiger partial charge is 0.253 e. The molecule has 24 heavy (non-hydrogen) atoms. The van der Waals surface area contributed by atoms with Crippen molar-refractivity contribution in [3.05, 3.63) is 24.3 Å². The number of benzene rings is 1. The van der Waals surface area contributed by atoms with Crippen molar-refractivity contribution in [1.29, 1.82) is 0 Å². The molecule has 1 fully saturated rings. The Hall–Kier alpha value is -1.96. The van der Waals surface area contributed by atoms with Gasteiger partial charge in [-0.05, 0) is 38.0 Å². The van der Waals surface area contributed by atoms with Gasteiger partial charge in [0, 0.05) is 38.2 Å². The van der Waals surface area contributed by atoms with Crippen molar-refractivity contribution in [2.45, 2.75) is 25.9 Å². The molecule has 1 atom stereocenters. The molecular weight excluding hydrogens is 310 g/mol. The van der Waals surface area contributed by atoms with Crippen molar-refractivity contribution in [2.75, 3.05) is 37.5 Å². The summed E-state index contributed by atoms with van der Waals surface area (Å²) in [5, 5.41) is 5.65. The number of carbonyl (C=O) groups excluding carboxylic acids is 2. The van der Waals surface area contributed by atoms with Gasteiger partial charge in [0.15, 0.2) is 0 Å². The second-order valence-corrected chi connectivity index (χ2v) is 6.00. The zero-order valence-electron chi connectivity index (χ0n) is 14.1. The minimum Gasteiger partial charge on any atom is -0.381 e. The fourth-order valence-electron chi connectivity index (χ4n) is 2.58. The summed E-state index contributed by atoms with van der Waals surface area (Å²) in [6.07, 6.45) is 0.666. The highest BCUT2D eigenvalue weighted by atomic mass is 16.5. The quantitative estimate of drug-likeness (QED) is 0.728. The Morgan fingerprint density at radius 2 is 1.92 bits per heavy atom. The monoisotopic (exact) mass is 335 g/mol. The number of ether oxygens (including phenoxy) is 2. The van der Waals surface area contributed by atoms with Gasteiger partial charge in [0.05, 0.1) is 5.41 Å².